The molecule has 4 aliphatic rings. The molecule has 368 valence electrons. The Balaban J connectivity index is 1.24. The Morgan fingerprint density at radius 3 is 1.80 bits per heavy atom. The SMILES string of the molecule is [2H]C([2H])(NC(=O)CCCC[C@@H]1SC[C@@H]2NC(=O)N[C@@H]21)C([2H])([2H])SSCCC(=O)NC(C(=O)NCCCC(=O)ON1C(=O)CC(S(=O)(=O)O)C1=O)C(=O)NCCCC(=O)ON1C(=O)CC(S(=O)(=O)O)C1=O. The van der Waals surface area contributed by atoms with E-state index in [2.05, 4.69) is 41.6 Å². The predicted octanol–water partition coefficient (Wildman–Crippen LogP) is -3.18. The van der Waals surface area contributed by atoms with Crippen LogP contribution in [0.25, 0.3) is 0 Å². The highest BCUT2D eigenvalue weighted by Gasteiger charge is 2.49. The molecule has 10 amide bonds. The van der Waals surface area contributed by atoms with Crippen LogP contribution < -0.4 is 31.9 Å². The minimum absolute atomic E-state index is 0.0200. The summed E-state index contributed by atoms with van der Waals surface area (Å²) in [6, 6.07) is -2.24. The summed E-state index contributed by atoms with van der Waals surface area (Å²) in [7, 11) is -8.96. The number of thioether (sulfide) groups is 1. The van der Waals surface area contributed by atoms with Gasteiger partial charge in [-0.15, -0.1) is 10.1 Å². The lowest BCUT2D eigenvalue weighted by Gasteiger charge is -2.18. The van der Waals surface area contributed by atoms with E-state index in [4.69, 9.17) is 14.6 Å². The Morgan fingerprint density at radius 1 is 0.742 bits per heavy atom. The summed E-state index contributed by atoms with van der Waals surface area (Å²) in [5.74, 6) is -11.5. The number of urea groups is 1. The summed E-state index contributed by atoms with van der Waals surface area (Å²) < 4.78 is 96.5. The second-order valence-corrected chi connectivity index (χ2v) is 21.2. The molecule has 0 aromatic rings. The number of unbranched alkanes of at least 4 members (excludes halogenated alkanes) is 1. The molecule has 0 saturated carbocycles. The molecule has 0 aromatic carbocycles. The van der Waals surface area contributed by atoms with Crippen molar-refractivity contribution in [2.24, 2.45) is 0 Å². The molecule has 4 rings (SSSR count). The number of nitrogens with zero attached hydrogens (tertiary/aromatic N) is 2. The molecule has 4 fully saturated rings. The van der Waals surface area contributed by atoms with Crippen LogP contribution >= 0.6 is 33.3 Å². The Labute approximate surface area is 394 Å². The molecular formula is C34H48N8O19S5. The monoisotopic (exact) mass is 1040 g/mol. The molecule has 0 aromatic heterocycles. The van der Waals surface area contributed by atoms with Crippen LogP contribution in [0.2, 0.25) is 0 Å². The summed E-state index contributed by atoms with van der Waals surface area (Å²) in [6.07, 6.45) is -2.68. The van der Waals surface area contributed by atoms with Gasteiger partial charge in [-0.05, 0) is 25.7 Å². The molecule has 0 spiro atoms. The number of carbonyl (C=O) groups is 11. The fourth-order valence-corrected chi connectivity index (χ4v) is 10.6. The van der Waals surface area contributed by atoms with Gasteiger partial charge in [0.25, 0.3) is 55.7 Å². The summed E-state index contributed by atoms with van der Waals surface area (Å²) in [5, 5.41) is 9.95. The molecule has 4 aliphatic heterocycles. The van der Waals surface area contributed by atoms with Crippen LogP contribution in [0, 0.1) is 0 Å². The van der Waals surface area contributed by atoms with E-state index in [-0.39, 0.29) is 58.5 Å². The summed E-state index contributed by atoms with van der Waals surface area (Å²) >= 11 is 1.70. The van der Waals surface area contributed by atoms with Crippen LogP contribution in [0.15, 0.2) is 0 Å². The van der Waals surface area contributed by atoms with Crippen molar-refractivity contribution in [3.63, 3.8) is 0 Å². The Morgan fingerprint density at radius 2 is 1.29 bits per heavy atom. The van der Waals surface area contributed by atoms with Crippen LogP contribution in [-0.2, 0) is 77.9 Å². The molecule has 0 radical (unpaired) electrons. The molecule has 66 heavy (non-hydrogen) atoms. The lowest BCUT2D eigenvalue weighted by molar-refractivity contribution is -0.197. The predicted molar refractivity (Wildman–Crippen MR) is 229 cm³/mol. The molecule has 0 aliphatic carbocycles. The van der Waals surface area contributed by atoms with Gasteiger partial charge in [-0.2, -0.15) is 28.6 Å². The topological polar surface area (TPSA) is 394 Å². The standard InChI is InChI=1S/C34H48N8O19S5/c43-22(6-2-1-5-19-28-18(17-62-19)38-34(53)40-28)35-12-14-64-63-13-9-23(44)39-29(30(49)36-10-3-7-26(47)60-41-24(45)15-20(32(41)51)65(54,55)56)31(50)37-11-4-8-27(48)61-42-25(46)16-21(33(42)52)66(57,58)59/h18-21,28-29H,1-17H2,(H,35,43)(H,36,49)(H,37,50)(H,39,44)(H2,38,40,53)(H,54,55,56)(H,57,58,59)/t18-,19-,20?,21?,28-,29?/m0/s1/i12D2,14D2. The first-order chi connectivity index (χ1) is 32.5. The van der Waals surface area contributed by atoms with Crippen molar-refractivity contribution in [2.45, 2.75) is 105 Å². The van der Waals surface area contributed by atoms with Gasteiger partial charge < -0.3 is 41.6 Å². The van der Waals surface area contributed by atoms with Crippen LogP contribution in [0.5, 0.6) is 0 Å². The van der Waals surface area contributed by atoms with Crippen molar-refractivity contribution in [1.82, 2.24) is 42.0 Å². The zero-order chi connectivity index (χ0) is 52.4. The third-order valence-electron chi connectivity index (χ3n) is 9.62. The van der Waals surface area contributed by atoms with Crippen LogP contribution in [0.3, 0.4) is 0 Å². The third-order valence-corrected chi connectivity index (χ3v) is 15.1. The first-order valence-corrected chi connectivity index (χ1v) is 26.1. The molecule has 4 heterocycles. The zero-order valence-corrected chi connectivity index (χ0v) is 38.4. The van der Waals surface area contributed by atoms with Crippen molar-refractivity contribution < 1.29 is 93.8 Å². The molecule has 27 nitrogen and oxygen atoms in total. The first kappa shape index (κ1) is 47.7. The normalized spacial score (nSPS) is 23.4. The van der Waals surface area contributed by atoms with Gasteiger partial charge in [0.2, 0.25) is 11.8 Å². The van der Waals surface area contributed by atoms with Crippen molar-refractivity contribution in [1.29, 1.82) is 0 Å². The van der Waals surface area contributed by atoms with E-state index in [0.717, 1.165) is 5.75 Å². The quantitative estimate of drug-likeness (QED) is 0.0100. The van der Waals surface area contributed by atoms with Crippen LogP contribution in [0.4, 0.5) is 4.79 Å². The van der Waals surface area contributed by atoms with Crippen LogP contribution in [0.1, 0.15) is 76.1 Å². The smallest absolute Gasteiger partial charge is 0.333 e. The summed E-state index contributed by atoms with van der Waals surface area (Å²) in [6.45, 7) is -3.71. The highest BCUT2D eigenvalue weighted by molar-refractivity contribution is 8.76. The fraction of sp³-hybridized carbons (Fsp3) is 0.676. The molecule has 2 unspecified atom stereocenters. The lowest BCUT2D eigenvalue weighted by atomic mass is 10.0. The Bertz CT molecular complexity index is 2230. The maximum atomic E-state index is 13.2. The van der Waals surface area contributed by atoms with E-state index in [9.17, 15) is 69.6 Å². The van der Waals surface area contributed by atoms with Gasteiger partial charge in [-0.25, -0.2) is 14.4 Å². The molecule has 8 N–H and O–H groups in total. The number of carbonyl (C=O) groups excluding carboxylic acids is 11. The number of amides is 10. The summed E-state index contributed by atoms with van der Waals surface area (Å²) in [4.78, 5) is 145. The van der Waals surface area contributed by atoms with Gasteiger partial charge in [-0.3, -0.25) is 47.5 Å². The number of imide groups is 2. The summed E-state index contributed by atoms with van der Waals surface area (Å²) in [5.41, 5.74) is -2.74. The van der Waals surface area contributed by atoms with E-state index in [1.165, 1.54) is 0 Å². The highest BCUT2D eigenvalue weighted by atomic mass is 33.1. The maximum Gasteiger partial charge on any atom is 0.333 e. The van der Waals surface area contributed by atoms with E-state index in [0.29, 0.717) is 40.9 Å². The van der Waals surface area contributed by atoms with Gasteiger partial charge in [0.15, 0.2) is 16.5 Å². The van der Waals surface area contributed by atoms with E-state index in [1.54, 1.807) is 11.8 Å². The number of hydroxylamine groups is 4. The molecule has 5 atom stereocenters. The molecule has 32 heteroatoms. The largest absolute Gasteiger partial charge is 0.355 e. The second-order valence-electron chi connectivity index (χ2n) is 14.5. The van der Waals surface area contributed by atoms with Crippen molar-refractivity contribution >= 4 is 119 Å². The third kappa shape index (κ3) is 16.2. The van der Waals surface area contributed by atoms with Crippen molar-refractivity contribution in [2.75, 3.05) is 36.8 Å². The van der Waals surface area contributed by atoms with Gasteiger partial charge in [0.05, 0.1) is 27.7 Å². The fourth-order valence-electron chi connectivity index (χ4n) is 6.35. The zero-order valence-electron chi connectivity index (χ0n) is 38.3. The second kappa shape index (κ2) is 24.8. The van der Waals surface area contributed by atoms with Gasteiger partial charge in [-0.1, -0.05) is 28.0 Å². The molecular weight excluding hydrogens is 985 g/mol. The van der Waals surface area contributed by atoms with Gasteiger partial charge in [0, 0.05) is 70.5 Å². The number of nitrogens with one attached hydrogen (secondary N) is 6. The number of hydrogen-bond donors (Lipinski definition) is 8. The molecule has 4 saturated heterocycles. The average Bonchev–Trinajstić information content (AvgIpc) is 3.98. The van der Waals surface area contributed by atoms with Gasteiger partial charge >= 0.3 is 18.0 Å². The van der Waals surface area contributed by atoms with Crippen molar-refractivity contribution in [3.8, 4) is 0 Å². The van der Waals surface area contributed by atoms with E-state index < -0.39 is 153 Å². The Kier molecular flexibility index (Phi) is 18.0. The number of rotatable bonds is 27. The maximum absolute atomic E-state index is 13.2. The highest BCUT2D eigenvalue weighted by Crippen LogP contribution is 2.33. The lowest BCUT2D eigenvalue weighted by Crippen LogP contribution is -2.55. The number of hydrogen-bond acceptors (Lipinski definition) is 20. The average molecular weight is 1040 g/mol. The first-order valence-electron chi connectivity index (χ1n) is 21.7. The molecule has 0 bridgehead atoms. The number of fused-ring (bicyclic) bond motifs is 1. The Hall–Kier alpha value is -4.76. The van der Waals surface area contributed by atoms with Crippen molar-refractivity contribution in [3.05, 3.63) is 0 Å². The van der Waals surface area contributed by atoms with Gasteiger partial charge in [0.1, 0.15) is 0 Å². The van der Waals surface area contributed by atoms with E-state index in [1.807, 2.05) is 0 Å². The minimum atomic E-state index is -5.00. The van der Waals surface area contributed by atoms with Crippen LogP contribution in [-0.4, -0.2) is 172 Å². The minimum Gasteiger partial charge on any atom is -0.355 e. The van der Waals surface area contributed by atoms with E-state index >= 15 is 0 Å².